The van der Waals surface area contributed by atoms with Gasteiger partial charge < -0.3 is 14.9 Å². The lowest BCUT2D eigenvalue weighted by molar-refractivity contribution is -0.132. The molecule has 1 aromatic carbocycles. The van der Waals surface area contributed by atoms with Crippen LogP contribution in [-0.2, 0) is 16.1 Å². The molecule has 136 valence electrons. The minimum Gasteiger partial charge on any atom is -0.478 e. The molecule has 1 amide bonds. The third-order valence-electron chi connectivity index (χ3n) is 4.53. The molecule has 2 rings (SSSR count). The second-order valence-electron chi connectivity index (χ2n) is 6.58. The van der Waals surface area contributed by atoms with Crippen molar-refractivity contribution in [3.05, 3.63) is 47.0 Å². The maximum Gasteiger partial charge on any atom is 0.328 e. The van der Waals surface area contributed by atoms with Crippen LogP contribution in [0.3, 0.4) is 0 Å². The molecular formula is C19H25ClN2O3. The van der Waals surface area contributed by atoms with E-state index < -0.39 is 5.97 Å². The highest BCUT2D eigenvalue weighted by Crippen LogP contribution is 2.16. The predicted octanol–water partition coefficient (Wildman–Crippen LogP) is 3.04. The maximum atomic E-state index is 12.4. The topological polar surface area (TPSA) is 60.9 Å². The van der Waals surface area contributed by atoms with Crippen molar-refractivity contribution in [2.24, 2.45) is 5.92 Å². The predicted molar refractivity (Wildman–Crippen MR) is 98.5 cm³/mol. The van der Waals surface area contributed by atoms with Crippen LogP contribution in [0.25, 0.3) is 0 Å². The monoisotopic (exact) mass is 364 g/mol. The Morgan fingerprint density at radius 1 is 1.24 bits per heavy atom. The van der Waals surface area contributed by atoms with Crippen LogP contribution in [0, 0.1) is 5.92 Å². The normalized spacial score (nSPS) is 16.2. The fourth-order valence-electron chi connectivity index (χ4n) is 2.87. The summed E-state index contributed by atoms with van der Waals surface area (Å²) >= 11 is 5.91. The van der Waals surface area contributed by atoms with Crippen LogP contribution in [0.4, 0.5) is 0 Å². The van der Waals surface area contributed by atoms with Gasteiger partial charge in [-0.2, -0.15) is 0 Å². The third kappa shape index (κ3) is 6.88. The Kier molecular flexibility index (Phi) is 7.47. The summed E-state index contributed by atoms with van der Waals surface area (Å²) in [6, 6.07) is 7.34. The summed E-state index contributed by atoms with van der Waals surface area (Å²) in [6.45, 7) is 6.17. The van der Waals surface area contributed by atoms with Crippen molar-refractivity contribution in [3.63, 3.8) is 0 Å². The van der Waals surface area contributed by atoms with Crippen LogP contribution in [-0.4, -0.2) is 53.0 Å². The standard InChI is InChI=1S/C19H25ClN2O3/c1-15-8-10-21(11-9-15)12-13-22(18(23)6-7-19(24)25)14-16-2-4-17(20)5-3-16/h2-7,15H,8-14H2,1H3,(H,24,25)/b7-6+. The number of carbonyl (C=O) groups excluding carboxylic acids is 1. The minimum absolute atomic E-state index is 0.289. The molecule has 0 atom stereocenters. The third-order valence-corrected chi connectivity index (χ3v) is 4.78. The van der Waals surface area contributed by atoms with Gasteiger partial charge in [0.15, 0.2) is 0 Å². The molecule has 0 aliphatic carbocycles. The van der Waals surface area contributed by atoms with Crippen LogP contribution in [0.2, 0.25) is 5.02 Å². The average Bonchev–Trinajstić information content (AvgIpc) is 2.59. The number of carbonyl (C=O) groups is 2. The van der Waals surface area contributed by atoms with Crippen molar-refractivity contribution in [2.75, 3.05) is 26.2 Å². The number of halogens is 1. The molecule has 0 bridgehead atoms. The van der Waals surface area contributed by atoms with Crippen molar-refractivity contribution >= 4 is 23.5 Å². The van der Waals surface area contributed by atoms with Crippen LogP contribution in [0.15, 0.2) is 36.4 Å². The number of carboxylic acids is 1. The second-order valence-corrected chi connectivity index (χ2v) is 7.02. The van der Waals surface area contributed by atoms with Crippen molar-refractivity contribution in [3.8, 4) is 0 Å². The fraction of sp³-hybridized carbons (Fsp3) is 0.474. The Hall–Kier alpha value is -1.85. The number of likely N-dealkylation sites (tertiary alicyclic amines) is 1. The SMILES string of the molecule is CC1CCN(CCN(Cc2ccc(Cl)cc2)C(=O)/C=C/C(=O)O)CC1. The van der Waals surface area contributed by atoms with Gasteiger partial charge in [-0.1, -0.05) is 30.7 Å². The zero-order valence-electron chi connectivity index (χ0n) is 14.5. The molecule has 25 heavy (non-hydrogen) atoms. The number of piperidine rings is 1. The van der Waals surface area contributed by atoms with Gasteiger partial charge in [0, 0.05) is 36.8 Å². The molecule has 0 radical (unpaired) electrons. The molecule has 0 unspecified atom stereocenters. The van der Waals surface area contributed by atoms with Crippen LogP contribution >= 0.6 is 11.6 Å². The molecule has 1 saturated heterocycles. The number of hydrogen-bond acceptors (Lipinski definition) is 3. The van der Waals surface area contributed by atoms with Gasteiger partial charge in [0.1, 0.15) is 0 Å². The Balaban J connectivity index is 1.99. The number of benzene rings is 1. The molecule has 1 fully saturated rings. The lowest BCUT2D eigenvalue weighted by atomic mass is 9.99. The zero-order valence-corrected chi connectivity index (χ0v) is 15.3. The smallest absolute Gasteiger partial charge is 0.328 e. The Morgan fingerprint density at radius 2 is 1.88 bits per heavy atom. The summed E-state index contributed by atoms with van der Waals surface area (Å²) in [6.07, 6.45) is 4.38. The highest BCUT2D eigenvalue weighted by atomic mass is 35.5. The van der Waals surface area contributed by atoms with Crippen molar-refractivity contribution in [2.45, 2.75) is 26.3 Å². The Morgan fingerprint density at radius 3 is 2.48 bits per heavy atom. The molecule has 1 aliphatic rings. The van der Waals surface area contributed by atoms with Gasteiger partial charge in [-0.3, -0.25) is 4.79 Å². The van der Waals surface area contributed by atoms with E-state index in [2.05, 4.69) is 11.8 Å². The zero-order chi connectivity index (χ0) is 18.2. The van der Waals surface area contributed by atoms with Gasteiger partial charge in [-0.15, -0.1) is 0 Å². The molecule has 0 saturated carbocycles. The second kappa shape index (κ2) is 9.59. The van der Waals surface area contributed by atoms with E-state index in [1.54, 1.807) is 17.0 Å². The maximum absolute atomic E-state index is 12.4. The van der Waals surface area contributed by atoms with Gasteiger partial charge in [0.05, 0.1) is 0 Å². The molecule has 0 aromatic heterocycles. The highest BCUT2D eigenvalue weighted by Gasteiger charge is 2.18. The van der Waals surface area contributed by atoms with Crippen LogP contribution < -0.4 is 0 Å². The van der Waals surface area contributed by atoms with Gasteiger partial charge >= 0.3 is 5.97 Å². The molecule has 1 heterocycles. The summed E-state index contributed by atoms with van der Waals surface area (Å²) in [4.78, 5) is 27.1. The molecule has 0 spiro atoms. The van der Waals surface area contributed by atoms with E-state index >= 15 is 0 Å². The molecule has 1 aromatic rings. The van der Waals surface area contributed by atoms with E-state index in [0.29, 0.717) is 18.1 Å². The minimum atomic E-state index is -1.12. The lowest BCUT2D eigenvalue weighted by Gasteiger charge is -2.32. The van der Waals surface area contributed by atoms with Gasteiger partial charge in [-0.05, 0) is 49.5 Å². The summed E-state index contributed by atoms with van der Waals surface area (Å²) in [5, 5.41) is 9.39. The van der Waals surface area contributed by atoms with Crippen LogP contribution in [0.5, 0.6) is 0 Å². The largest absolute Gasteiger partial charge is 0.478 e. The summed E-state index contributed by atoms with van der Waals surface area (Å²) in [5.41, 5.74) is 0.966. The van der Waals surface area contributed by atoms with Gasteiger partial charge in [0.2, 0.25) is 5.91 Å². The lowest BCUT2D eigenvalue weighted by Crippen LogP contribution is -2.40. The Labute approximate surface area is 153 Å². The summed E-state index contributed by atoms with van der Waals surface area (Å²) in [7, 11) is 0. The van der Waals surface area contributed by atoms with Crippen molar-refractivity contribution in [1.29, 1.82) is 0 Å². The van der Waals surface area contributed by atoms with Crippen molar-refractivity contribution in [1.82, 2.24) is 9.80 Å². The number of amides is 1. The molecule has 1 N–H and O–H groups in total. The van der Waals surface area contributed by atoms with E-state index in [0.717, 1.165) is 43.3 Å². The highest BCUT2D eigenvalue weighted by molar-refractivity contribution is 6.30. The van der Waals surface area contributed by atoms with E-state index in [1.807, 2.05) is 12.1 Å². The van der Waals surface area contributed by atoms with E-state index in [9.17, 15) is 9.59 Å². The van der Waals surface area contributed by atoms with E-state index in [-0.39, 0.29) is 5.91 Å². The number of rotatable bonds is 7. The summed E-state index contributed by atoms with van der Waals surface area (Å²) < 4.78 is 0. The first-order chi connectivity index (χ1) is 11.9. The first-order valence-electron chi connectivity index (χ1n) is 8.61. The van der Waals surface area contributed by atoms with Gasteiger partial charge in [-0.25, -0.2) is 4.79 Å². The molecule has 5 nitrogen and oxygen atoms in total. The number of nitrogens with zero attached hydrogens (tertiary/aromatic N) is 2. The van der Waals surface area contributed by atoms with E-state index in [1.165, 1.54) is 12.8 Å². The molecule has 6 heteroatoms. The van der Waals surface area contributed by atoms with Crippen LogP contribution in [0.1, 0.15) is 25.3 Å². The quantitative estimate of drug-likeness (QED) is 0.755. The Bertz CT molecular complexity index is 608. The average molecular weight is 365 g/mol. The van der Waals surface area contributed by atoms with Crippen molar-refractivity contribution < 1.29 is 14.7 Å². The van der Waals surface area contributed by atoms with E-state index in [4.69, 9.17) is 16.7 Å². The number of hydrogen-bond donors (Lipinski definition) is 1. The number of carboxylic acid groups (broad SMARTS) is 1. The molecule has 1 aliphatic heterocycles. The fourth-order valence-corrected chi connectivity index (χ4v) is 3.00. The summed E-state index contributed by atoms with van der Waals surface area (Å²) in [5.74, 6) is -0.644. The molecular weight excluding hydrogens is 340 g/mol. The first kappa shape index (κ1) is 19.5. The number of aliphatic carboxylic acids is 1. The van der Waals surface area contributed by atoms with Gasteiger partial charge in [0.25, 0.3) is 0 Å². The first-order valence-corrected chi connectivity index (χ1v) is 8.98.